The molecule has 0 amide bonds. The van der Waals surface area contributed by atoms with Crippen molar-refractivity contribution in [3.63, 3.8) is 0 Å². The number of ether oxygens (including phenoxy) is 1. The lowest BCUT2D eigenvalue weighted by atomic mass is 10.3. The summed E-state index contributed by atoms with van der Waals surface area (Å²) in [6.07, 6.45) is 1.11. The molecule has 0 aliphatic carbocycles. The van der Waals surface area contributed by atoms with Crippen LogP contribution >= 0.6 is 11.5 Å². The molecule has 0 spiro atoms. The number of hydrogen-bond donors (Lipinski definition) is 1. The molecule has 0 aliphatic rings. The molecule has 1 heterocycles. The van der Waals surface area contributed by atoms with Crippen molar-refractivity contribution in [2.75, 3.05) is 4.72 Å². The van der Waals surface area contributed by atoms with Gasteiger partial charge in [0.25, 0.3) is 10.0 Å². The predicted octanol–water partition coefficient (Wildman–Crippen LogP) is 3.55. The Morgan fingerprint density at radius 3 is 2.56 bits per heavy atom. The maximum atomic E-state index is 14.2. The van der Waals surface area contributed by atoms with Crippen molar-refractivity contribution in [1.82, 2.24) is 9.36 Å². The smallest absolute Gasteiger partial charge is 0.266 e. The Hall–Kier alpha value is -2.66. The van der Waals surface area contributed by atoms with E-state index in [-0.39, 0.29) is 10.9 Å². The Morgan fingerprint density at radius 2 is 1.88 bits per heavy atom. The number of rotatable bonds is 5. The SMILES string of the molecule is O=S(=O)(Nc1ncns1)c1cc(F)c(Oc2cccc(F)c2)cc1F. The maximum Gasteiger partial charge on any atom is 0.266 e. The number of benzene rings is 2. The van der Waals surface area contributed by atoms with Gasteiger partial charge in [0.15, 0.2) is 11.6 Å². The average Bonchev–Trinajstić information content (AvgIpc) is 3.02. The lowest BCUT2D eigenvalue weighted by Gasteiger charge is -2.10. The van der Waals surface area contributed by atoms with E-state index in [1.165, 1.54) is 12.1 Å². The van der Waals surface area contributed by atoms with E-state index >= 15 is 0 Å². The first-order valence-electron chi connectivity index (χ1n) is 6.57. The molecule has 2 aromatic carbocycles. The molecule has 0 radical (unpaired) electrons. The number of halogens is 3. The van der Waals surface area contributed by atoms with Gasteiger partial charge < -0.3 is 4.74 Å². The number of sulfonamides is 1. The highest BCUT2D eigenvalue weighted by Crippen LogP contribution is 2.30. The first kappa shape index (κ1) is 17.2. The molecular formula is C14H8F3N3O3S2. The van der Waals surface area contributed by atoms with E-state index in [9.17, 15) is 21.6 Å². The lowest BCUT2D eigenvalue weighted by Crippen LogP contribution is -2.15. The van der Waals surface area contributed by atoms with Crippen LogP contribution in [-0.2, 0) is 10.0 Å². The molecule has 1 N–H and O–H groups in total. The number of hydrogen-bond acceptors (Lipinski definition) is 6. The van der Waals surface area contributed by atoms with Gasteiger partial charge in [0.2, 0.25) is 5.13 Å². The second-order valence-corrected chi connectivity index (χ2v) is 7.06. The Balaban J connectivity index is 1.92. The normalized spacial score (nSPS) is 11.3. The van der Waals surface area contributed by atoms with Gasteiger partial charge in [0.05, 0.1) is 0 Å². The summed E-state index contributed by atoms with van der Waals surface area (Å²) in [7, 11) is -4.41. The van der Waals surface area contributed by atoms with Crippen molar-refractivity contribution in [2.45, 2.75) is 4.90 Å². The second kappa shape index (κ2) is 6.69. The molecule has 25 heavy (non-hydrogen) atoms. The molecular weight excluding hydrogens is 379 g/mol. The van der Waals surface area contributed by atoms with E-state index in [1.807, 2.05) is 4.72 Å². The molecule has 0 bridgehead atoms. The highest BCUT2D eigenvalue weighted by atomic mass is 32.2. The fraction of sp³-hybridized carbons (Fsp3) is 0. The Bertz CT molecular complexity index is 1010. The first-order chi connectivity index (χ1) is 11.8. The van der Waals surface area contributed by atoms with Gasteiger partial charge in [0, 0.05) is 29.7 Å². The summed E-state index contributed by atoms with van der Waals surface area (Å²) >= 11 is 0.733. The van der Waals surface area contributed by atoms with Gasteiger partial charge in [-0.3, -0.25) is 4.72 Å². The summed E-state index contributed by atoms with van der Waals surface area (Å²) in [6.45, 7) is 0. The minimum absolute atomic E-state index is 0.0686. The summed E-state index contributed by atoms with van der Waals surface area (Å²) in [5, 5.41) is -0.0973. The summed E-state index contributed by atoms with van der Waals surface area (Å²) < 4.78 is 76.3. The predicted molar refractivity (Wildman–Crippen MR) is 83.5 cm³/mol. The van der Waals surface area contributed by atoms with Gasteiger partial charge in [0.1, 0.15) is 28.6 Å². The fourth-order valence-electron chi connectivity index (χ4n) is 1.84. The highest BCUT2D eigenvalue weighted by Gasteiger charge is 2.24. The maximum absolute atomic E-state index is 14.2. The summed E-state index contributed by atoms with van der Waals surface area (Å²) in [5.74, 6) is -3.66. The number of anilines is 1. The Morgan fingerprint density at radius 1 is 1.08 bits per heavy atom. The zero-order valence-corrected chi connectivity index (χ0v) is 13.7. The summed E-state index contributed by atoms with van der Waals surface area (Å²) in [6, 6.07) is 5.81. The molecule has 0 aliphatic heterocycles. The molecule has 0 atom stereocenters. The molecule has 0 saturated heterocycles. The Kier molecular flexibility index (Phi) is 4.59. The van der Waals surface area contributed by atoms with E-state index < -0.39 is 38.1 Å². The van der Waals surface area contributed by atoms with Crippen LogP contribution in [0.3, 0.4) is 0 Å². The van der Waals surface area contributed by atoms with Crippen LogP contribution in [0.2, 0.25) is 0 Å². The third kappa shape index (κ3) is 3.88. The zero-order chi connectivity index (χ0) is 18.0. The van der Waals surface area contributed by atoms with Crippen molar-refractivity contribution in [2.24, 2.45) is 0 Å². The number of aromatic nitrogens is 2. The van der Waals surface area contributed by atoms with Gasteiger partial charge in [-0.25, -0.2) is 26.6 Å². The van der Waals surface area contributed by atoms with Crippen LogP contribution < -0.4 is 9.46 Å². The topological polar surface area (TPSA) is 81.2 Å². The molecule has 0 unspecified atom stereocenters. The molecule has 3 aromatic rings. The highest BCUT2D eigenvalue weighted by molar-refractivity contribution is 7.93. The fourth-order valence-corrected chi connectivity index (χ4v) is 3.57. The third-order valence-corrected chi connectivity index (χ3v) is 4.95. The minimum atomic E-state index is -4.41. The zero-order valence-electron chi connectivity index (χ0n) is 12.1. The van der Waals surface area contributed by atoms with Gasteiger partial charge in [-0.05, 0) is 12.1 Å². The number of nitrogens with zero attached hydrogens (tertiary/aromatic N) is 2. The molecule has 130 valence electrons. The van der Waals surface area contributed by atoms with Crippen LogP contribution in [0, 0.1) is 17.5 Å². The first-order valence-corrected chi connectivity index (χ1v) is 8.83. The van der Waals surface area contributed by atoms with E-state index in [1.54, 1.807) is 0 Å². The average molecular weight is 387 g/mol. The van der Waals surface area contributed by atoms with Gasteiger partial charge in [-0.1, -0.05) is 6.07 Å². The van der Waals surface area contributed by atoms with Crippen molar-refractivity contribution >= 4 is 26.7 Å². The van der Waals surface area contributed by atoms with Crippen molar-refractivity contribution in [1.29, 1.82) is 0 Å². The van der Waals surface area contributed by atoms with E-state index in [0.717, 1.165) is 30.0 Å². The second-order valence-electron chi connectivity index (χ2n) is 4.62. The van der Waals surface area contributed by atoms with Crippen LogP contribution in [0.5, 0.6) is 11.5 Å². The van der Waals surface area contributed by atoms with E-state index in [0.29, 0.717) is 12.1 Å². The van der Waals surface area contributed by atoms with Crippen molar-refractivity contribution < 1.29 is 26.3 Å². The largest absolute Gasteiger partial charge is 0.454 e. The van der Waals surface area contributed by atoms with Gasteiger partial charge >= 0.3 is 0 Å². The van der Waals surface area contributed by atoms with Crippen molar-refractivity contribution in [3.8, 4) is 11.5 Å². The molecule has 11 heteroatoms. The van der Waals surface area contributed by atoms with Crippen LogP contribution in [-0.4, -0.2) is 17.8 Å². The molecule has 0 fully saturated rings. The third-order valence-electron chi connectivity index (χ3n) is 2.88. The quantitative estimate of drug-likeness (QED) is 0.724. The Labute approximate surface area is 144 Å². The molecule has 0 saturated carbocycles. The standard InChI is InChI=1S/C14H8F3N3O3S2/c15-8-2-1-3-9(4-8)23-12-5-11(17)13(6-10(12)16)25(21,22)20-14-18-7-19-24-14/h1-7H,(H,18,19,20). The van der Waals surface area contributed by atoms with E-state index in [2.05, 4.69) is 9.36 Å². The minimum Gasteiger partial charge on any atom is -0.454 e. The molecule has 6 nitrogen and oxygen atoms in total. The number of nitrogens with one attached hydrogen (secondary N) is 1. The monoisotopic (exact) mass is 387 g/mol. The molecule has 1 aromatic heterocycles. The van der Waals surface area contributed by atoms with Crippen LogP contribution in [0.15, 0.2) is 47.6 Å². The van der Waals surface area contributed by atoms with Gasteiger partial charge in [-0.2, -0.15) is 4.37 Å². The van der Waals surface area contributed by atoms with Gasteiger partial charge in [-0.15, -0.1) is 0 Å². The summed E-state index contributed by atoms with van der Waals surface area (Å²) in [5.41, 5.74) is 0. The van der Waals surface area contributed by atoms with Crippen LogP contribution in [0.4, 0.5) is 18.3 Å². The van der Waals surface area contributed by atoms with Crippen LogP contribution in [0.25, 0.3) is 0 Å². The van der Waals surface area contributed by atoms with E-state index in [4.69, 9.17) is 4.74 Å². The summed E-state index contributed by atoms with van der Waals surface area (Å²) in [4.78, 5) is 2.68. The molecule has 3 rings (SSSR count). The van der Waals surface area contributed by atoms with Crippen LogP contribution in [0.1, 0.15) is 0 Å². The lowest BCUT2D eigenvalue weighted by molar-refractivity contribution is 0.429. The van der Waals surface area contributed by atoms with Crippen molar-refractivity contribution in [3.05, 3.63) is 60.2 Å².